The van der Waals surface area contributed by atoms with Crippen LogP contribution < -0.4 is 21.1 Å². The Kier molecular flexibility index (Phi) is 21.2. The topological polar surface area (TPSA) is 288 Å². The Balaban J connectivity index is 0.000000155. The van der Waals surface area contributed by atoms with E-state index in [2.05, 4.69) is 50.3 Å². The van der Waals surface area contributed by atoms with E-state index in [1.165, 1.54) is 36.6 Å². The van der Waals surface area contributed by atoms with E-state index in [0.717, 1.165) is 45.6 Å². The number of carbonyl (C=O) groups is 2. The number of fused-ring (bicyclic) bond motifs is 3. The summed E-state index contributed by atoms with van der Waals surface area (Å²) in [6, 6.07) is 53.8. The zero-order valence-corrected chi connectivity index (χ0v) is 56.4. The van der Waals surface area contributed by atoms with Crippen molar-refractivity contribution in [3.05, 3.63) is 260 Å². The van der Waals surface area contributed by atoms with E-state index < -0.39 is 41.5 Å². The minimum Gasteiger partial charge on any atom is -0.383 e. The van der Waals surface area contributed by atoms with Crippen molar-refractivity contribution in [3.8, 4) is 33.8 Å². The molecule has 0 aliphatic heterocycles. The first kappa shape index (κ1) is 68.4. The Hall–Kier alpha value is -9.49. The third kappa shape index (κ3) is 18.5. The van der Waals surface area contributed by atoms with E-state index in [1.54, 1.807) is 97.5 Å². The van der Waals surface area contributed by atoms with Gasteiger partial charge >= 0.3 is 0 Å². The molecule has 0 saturated heterocycles. The smallest absolute Gasteiger partial charge is 0.257 e. The molecule has 12 aromatic rings. The second-order valence-electron chi connectivity index (χ2n) is 21.4. The summed E-state index contributed by atoms with van der Waals surface area (Å²) in [7, 11) is -9.76. The highest BCUT2D eigenvalue weighted by Gasteiger charge is 2.18. The summed E-state index contributed by atoms with van der Waals surface area (Å²) in [6.45, 7) is 0. The highest BCUT2D eigenvalue weighted by Crippen LogP contribution is 2.35. The van der Waals surface area contributed by atoms with Crippen LogP contribution in [0.1, 0.15) is 37.4 Å². The zero-order chi connectivity index (χ0) is 67.8. The highest BCUT2D eigenvalue weighted by molar-refractivity contribution is 7.92. The zero-order valence-electron chi connectivity index (χ0n) is 50.1. The summed E-state index contributed by atoms with van der Waals surface area (Å²) in [4.78, 5) is 57.1. The number of para-hydroxylation sites is 6. The highest BCUT2D eigenvalue weighted by atomic mass is 35.5. The van der Waals surface area contributed by atoms with Gasteiger partial charge in [0.05, 0.1) is 128 Å². The average molecular weight is 1420 g/mol. The summed E-state index contributed by atoms with van der Waals surface area (Å²) in [5, 5.41) is 7.30. The average Bonchev–Trinajstić information content (AvgIpc) is 0.862. The molecular weight excluding hydrogens is 1370 g/mol. The molecule has 0 atom stereocenters. The van der Waals surface area contributed by atoms with Gasteiger partial charge in [0.1, 0.15) is 5.84 Å². The molecule has 9 aromatic carbocycles. The number of sulfonamides is 1. The van der Waals surface area contributed by atoms with Gasteiger partial charge in [-0.05, 0) is 132 Å². The third-order valence-corrected chi connectivity index (χ3v) is 17.7. The number of amides is 2. The number of aromatic nitrogens is 6. The summed E-state index contributed by atoms with van der Waals surface area (Å²) in [5.41, 5.74) is 18.7. The first-order chi connectivity index (χ1) is 45.2. The summed E-state index contributed by atoms with van der Waals surface area (Å²) >= 11 is 31.6. The van der Waals surface area contributed by atoms with Gasteiger partial charge in [0.15, 0.2) is 19.7 Å². The van der Waals surface area contributed by atoms with Crippen molar-refractivity contribution in [3.63, 3.8) is 0 Å². The largest absolute Gasteiger partial charge is 0.383 e. The van der Waals surface area contributed by atoms with Gasteiger partial charge in [-0.15, -0.1) is 0 Å². The van der Waals surface area contributed by atoms with E-state index in [4.69, 9.17) is 63.7 Å². The van der Waals surface area contributed by atoms with Gasteiger partial charge in [0, 0.05) is 51.8 Å². The molecule has 480 valence electrons. The number of hydrogen-bond donors (Lipinski definition) is 4. The van der Waals surface area contributed by atoms with Crippen LogP contribution in [0, 0.1) is 0 Å². The minimum atomic E-state index is -3.46. The van der Waals surface area contributed by atoms with Crippen molar-refractivity contribution in [2.24, 2.45) is 10.7 Å². The number of sulfone groups is 2. The van der Waals surface area contributed by atoms with Crippen molar-refractivity contribution in [2.45, 2.75) is 11.5 Å². The fraction of sp³-hybridized carbons (Fsp3) is 0.0735. The van der Waals surface area contributed by atoms with Gasteiger partial charge in [-0.1, -0.05) is 125 Å². The maximum Gasteiger partial charge on any atom is 0.257 e. The van der Waals surface area contributed by atoms with Crippen molar-refractivity contribution in [2.75, 3.05) is 34.1 Å². The van der Waals surface area contributed by atoms with E-state index in [0.29, 0.717) is 88.4 Å². The number of nitrogens with zero attached hydrogens (tertiary/aromatic N) is 7. The number of rotatable bonds is 15. The van der Waals surface area contributed by atoms with Gasteiger partial charge in [-0.2, -0.15) is 0 Å². The Morgan fingerprint density at radius 1 is 0.421 bits per heavy atom. The third-order valence-electron chi connectivity index (χ3n) is 13.7. The van der Waals surface area contributed by atoms with Gasteiger partial charge in [-0.3, -0.25) is 29.3 Å². The number of nitrogens with two attached hydrogens (primary N) is 1. The van der Waals surface area contributed by atoms with E-state index >= 15 is 0 Å². The van der Waals surface area contributed by atoms with Gasteiger partial charge in [-0.25, -0.2) is 45.2 Å². The molecular formula is C68H52Cl5N11O8S3. The Labute approximate surface area is 571 Å². The SMILES string of the molecule is CS(=O)(=O)Cc1ccc(C(=O)Nc2ccc(Cl)c(-c3cnc4ccccc4n3)c2)c(Cl)c1.CS(=O)(=O)Cc1ccc(C(N)=Nc2ccc(Cl)c(-c3cnc4ccccc4n3)c2)cc1.CS(=O)(=O)Nc1ccc(C(=O)Nc2ccc(Cl)c(-c3cnc4ccccc4n3)c2)c(Cl)c1. The Bertz CT molecular complexity index is 5150. The number of hydrogen-bond acceptors (Lipinski definition) is 15. The first-order valence-electron chi connectivity index (χ1n) is 28.2. The van der Waals surface area contributed by atoms with E-state index in [9.17, 15) is 34.8 Å². The van der Waals surface area contributed by atoms with Crippen LogP contribution in [-0.4, -0.2) is 91.6 Å². The fourth-order valence-electron chi connectivity index (χ4n) is 9.43. The number of anilines is 3. The normalized spacial score (nSPS) is 11.7. The molecule has 27 heteroatoms. The second-order valence-corrected chi connectivity index (χ2v) is 29.5. The van der Waals surface area contributed by atoms with Crippen molar-refractivity contribution < 1.29 is 34.8 Å². The lowest BCUT2D eigenvalue weighted by molar-refractivity contribution is 0.101. The van der Waals surface area contributed by atoms with E-state index in [1.807, 2.05) is 78.9 Å². The van der Waals surface area contributed by atoms with Crippen molar-refractivity contribution in [1.82, 2.24) is 29.9 Å². The van der Waals surface area contributed by atoms with Crippen LogP contribution in [0.5, 0.6) is 0 Å². The molecule has 3 aromatic heterocycles. The molecule has 0 aliphatic carbocycles. The first-order valence-corrected chi connectivity index (χ1v) is 36.1. The molecule has 95 heavy (non-hydrogen) atoms. The predicted molar refractivity (Wildman–Crippen MR) is 381 cm³/mol. The van der Waals surface area contributed by atoms with Gasteiger partial charge in [0.25, 0.3) is 11.8 Å². The fourth-order valence-corrected chi connectivity index (χ4v) is 12.8. The van der Waals surface area contributed by atoms with Crippen LogP contribution in [0.25, 0.3) is 66.9 Å². The molecule has 19 nitrogen and oxygen atoms in total. The predicted octanol–water partition coefficient (Wildman–Crippen LogP) is 15.2. The van der Waals surface area contributed by atoms with Crippen molar-refractivity contribution in [1.29, 1.82) is 0 Å². The molecule has 0 spiro atoms. The minimum absolute atomic E-state index is 0.0162. The van der Waals surface area contributed by atoms with Crippen LogP contribution in [0.2, 0.25) is 25.1 Å². The maximum absolute atomic E-state index is 12.8. The van der Waals surface area contributed by atoms with Crippen LogP contribution in [0.15, 0.2) is 212 Å². The summed E-state index contributed by atoms with van der Waals surface area (Å²) in [5.74, 6) is -0.749. The quantitative estimate of drug-likeness (QED) is 0.0548. The molecule has 0 bridgehead atoms. The summed E-state index contributed by atoms with van der Waals surface area (Å²) in [6.07, 6.45) is 8.31. The van der Waals surface area contributed by atoms with Crippen LogP contribution in [0.4, 0.5) is 22.7 Å². The van der Waals surface area contributed by atoms with Gasteiger partial charge in [0.2, 0.25) is 10.0 Å². The molecule has 0 unspecified atom stereocenters. The number of amidine groups is 1. The number of halogens is 5. The molecule has 0 radical (unpaired) electrons. The molecule has 3 heterocycles. The van der Waals surface area contributed by atoms with Gasteiger partial charge < -0.3 is 16.4 Å². The molecule has 2 amide bonds. The maximum atomic E-state index is 12.8. The Morgan fingerprint density at radius 2 is 0.800 bits per heavy atom. The van der Waals surface area contributed by atoms with E-state index in [-0.39, 0.29) is 38.4 Å². The van der Waals surface area contributed by atoms with Crippen LogP contribution in [-0.2, 0) is 41.2 Å². The molecule has 0 aliphatic rings. The second kappa shape index (κ2) is 29.4. The molecule has 12 rings (SSSR count). The molecule has 5 N–H and O–H groups in total. The molecule has 0 fully saturated rings. The number of nitrogens with one attached hydrogen (secondary N) is 3. The van der Waals surface area contributed by atoms with Crippen molar-refractivity contribution >= 4 is 161 Å². The lowest BCUT2D eigenvalue weighted by Crippen LogP contribution is -2.14. The summed E-state index contributed by atoms with van der Waals surface area (Å²) < 4.78 is 70.9. The Morgan fingerprint density at radius 3 is 1.22 bits per heavy atom. The number of benzene rings is 9. The lowest BCUT2D eigenvalue weighted by Gasteiger charge is -2.11. The number of aliphatic imine (C=N–C) groups is 1. The monoisotopic (exact) mass is 1420 g/mol. The standard InChI is InChI=1S/C23H17Cl2N3O3S.C23H19ClN4O2S.C22H16Cl2N4O3S/c1-32(30,31)13-14-6-8-16(19(25)10-14)23(29)27-15-7-9-18(24)17(11-15)22-12-26-20-4-2-3-5-21(20)28-22;1-31(29,30)14-15-6-8-16(9-7-15)23(25)27-17-10-11-19(24)18(12-17)22-13-26-20-4-2-3-5-21(20)28-22;1-32(30,31)28-14-6-8-15(18(24)11-14)22(29)26-13-7-9-17(23)16(10-13)21-12-25-19-4-2-3-5-20(19)27-21/h2-12H,13H2,1H3,(H,27,29);2-13H,14H2,1H3,(H2,25,27);2-12,28H,1H3,(H,26,29). The van der Waals surface area contributed by atoms with Crippen LogP contribution >= 0.6 is 58.0 Å². The van der Waals surface area contributed by atoms with Crippen LogP contribution in [0.3, 0.4) is 0 Å². The number of carbonyl (C=O) groups excluding carboxylic acids is 2. The molecule has 0 saturated carbocycles. The lowest BCUT2D eigenvalue weighted by atomic mass is 10.1.